The molecular formula is C19H25NO. The lowest BCUT2D eigenvalue weighted by Crippen LogP contribution is -2.18. The first-order valence-electron chi connectivity index (χ1n) is 7.60. The number of nitrogens with one attached hydrogen (secondary N) is 1. The smallest absolute Gasteiger partial charge is 0.120 e. The zero-order chi connectivity index (χ0) is 15.2. The van der Waals surface area contributed by atoms with Gasteiger partial charge in [0, 0.05) is 12.6 Å². The number of hydrogen-bond donors (Lipinski definition) is 1. The summed E-state index contributed by atoms with van der Waals surface area (Å²) in [5, 5.41) is 3.56. The Kier molecular flexibility index (Phi) is 5.40. The van der Waals surface area contributed by atoms with Crippen molar-refractivity contribution in [2.24, 2.45) is 0 Å². The molecule has 0 aromatic heterocycles. The molecule has 0 aliphatic rings. The molecule has 112 valence electrons. The molecule has 0 bridgehead atoms. The Labute approximate surface area is 128 Å². The van der Waals surface area contributed by atoms with Crippen molar-refractivity contribution in [2.75, 3.05) is 0 Å². The number of aryl methyl sites for hydroxylation is 1. The molecule has 1 atom stereocenters. The van der Waals surface area contributed by atoms with Gasteiger partial charge in [-0.05, 0) is 51.0 Å². The van der Waals surface area contributed by atoms with Crippen molar-refractivity contribution in [1.29, 1.82) is 0 Å². The molecule has 2 rings (SSSR count). The van der Waals surface area contributed by atoms with Gasteiger partial charge in [-0.25, -0.2) is 0 Å². The molecule has 1 N–H and O–H groups in total. The molecule has 2 aromatic carbocycles. The summed E-state index contributed by atoms with van der Waals surface area (Å²) in [6, 6.07) is 17.3. The van der Waals surface area contributed by atoms with Gasteiger partial charge in [0.2, 0.25) is 0 Å². The van der Waals surface area contributed by atoms with Crippen LogP contribution in [0.2, 0.25) is 0 Å². The summed E-state index contributed by atoms with van der Waals surface area (Å²) >= 11 is 0. The second-order valence-corrected chi connectivity index (χ2v) is 5.83. The molecule has 1 unspecified atom stereocenters. The van der Waals surface area contributed by atoms with Crippen LogP contribution in [0, 0.1) is 6.92 Å². The van der Waals surface area contributed by atoms with Crippen molar-refractivity contribution in [3.8, 4) is 5.75 Å². The Bertz CT molecular complexity index is 560. The van der Waals surface area contributed by atoms with Gasteiger partial charge in [-0.3, -0.25) is 0 Å². The van der Waals surface area contributed by atoms with Crippen molar-refractivity contribution in [1.82, 2.24) is 5.32 Å². The highest BCUT2D eigenvalue weighted by Crippen LogP contribution is 2.17. The zero-order valence-corrected chi connectivity index (χ0v) is 13.4. The number of hydrogen-bond acceptors (Lipinski definition) is 2. The number of ether oxygens (including phenoxy) is 1. The van der Waals surface area contributed by atoms with E-state index in [1.165, 1.54) is 16.7 Å². The predicted molar refractivity (Wildman–Crippen MR) is 88.6 cm³/mol. The topological polar surface area (TPSA) is 21.3 Å². The third-order valence-electron chi connectivity index (χ3n) is 3.46. The molecule has 2 nitrogen and oxygen atoms in total. The van der Waals surface area contributed by atoms with E-state index in [4.69, 9.17) is 4.74 Å². The van der Waals surface area contributed by atoms with Crippen LogP contribution in [0.15, 0.2) is 48.5 Å². The average Bonchev–Trinajstić information content (AvgIpc) is 2.45. The molecule has 0 radical (unpaired) electrons. The van der Waals surface area contributed by atoms with Crippen LogP contribution in [0.5, 0.6) is 5.75 Å². The van der Waals surface area contributed by atoms with E-state index in [9.17, 15) is 0 Å². The maximum absolute atomic E-state index is 5.73. The molecule has 0 aliphatic carbocycles. The van der Waals surface area contributed by atoms with Gasteiger partial charge >= 0.3 is 0 Å². The van der Waals surface area contributed by atoms with Crippen LogP contribution in [0.1, 0.15) is 43.5 Å². The molecule has 2 heteroatoms. The minimum Gasteiger partial charge on any atom is -0.491 e. The predicted octanol–water partition coefficient (Wildman–Crippen LogP) is 4.63. The normalized spacial score (nSPS) is 12.4. The third kappa shape index (κ3) is 4.91. The molecule has 2 aromatic rings. The SMILES string of the molecule is Cc1ccc(C(C)NCc2cccc(OC(C)C)c2)cc1. The second kappa shape index (κ2) is 7.28. The molecule has 21 heavy (non-hydrogen) atoms. The fourth-order valence-corrected chi connectivity index (χ4v) is 2.24. The lowest BCUT2D eigenvalue weighted by atomic mass is 10.1. The Balaban J connectivity index is 1.94. The van der Waals surface area contributed by atoms with Crippen molar-refractivity contribution in [3.05, 3.63) is 65.2 Å². The average molecular weight is 283 g/mol. The lowest BCUT2D eigenvalue weighted by Gasteiger charge is -2.15. The Hall–Kier alpha value is -1.80. The van der Waals surface area contributed by atoms with Gasteiger partial charge in [-0.1, -0.05) is 42.0 Å². The monoisotopic (exact) mass is 283 g/mol. The van der Waals surface area contributed by atoms with Crippen LogP contribution in [0.25, 0.3) is 0 Å². The third-order valence-corrected chi connectivity index (χ3v) is 3.46. The van der Waals surface area contributed by atoms with Crippen molar-refractivity contribution >= 4 is 0 Å². The van der Waals surface area contributed by atoms with E-state index in [-0.39, 0.29) is 6.10 Å². The highest BCUT2D eigenvalue weighted by Gasteiger charge is 2.05. The number of rotatable bonds is 6. The summed E-state index contributed by atoms with van der Waals surface area (Å²) in [6.07, 6.45) is 0.208. The molecule has 0 fully saturated rings. The Morgan fingerprint density at radius 1 is 1.00 bits per heavy atom. The fraction of sp³-hybridized carbons (Fsp3) is 0.368. The Morgan fingerprint density at radius 2 is 1.71 bits per heavy atom. The first kappa shape index (κ1) is 15.6. The molecule has 0 heterocycles. The van der Waals surface area contributed by atoms with Crippen LogP contribution in [-0.2, 0) is 6.54 Å². The van der Waals surface area contributed by atoms with Gasteiger partial charge in [-0.2, -0.15) is 0 Å². The summed E-state index contributed by atoms with van der Waals surface area (Å²) in [5.41, 5.74) is 3.85. The number of benzene rings is 2. The summed E-state index contributed by atoms with van der Waals surface area (Å²) in [5.74, 6) is 0.937. The van der Waals surface area contributed by atoms with Crippen molar-refractivity contribution in [3.63, 3.8) is 0 Å². The minimum atomic E-state index is 0.208. The Morgan fingerprint density at radius 3 is 2.38 bits per heavy atom. The van der Waals surface area contributed by atoms with Gasteiger partial charge < -0.3 is 10.1 Å². The fourth-order valence-electron chi connectivity index (χ4n) is 2.24. The van der Waals surface area contributed by atoms with Crippen LogP contribution < -0.4 is 10.1 Å². The maximum atomic E-state index is 5.73. The summed E-state index contributed by atoms with van der Waals surface area (Å²) in [7, 11) is 0. The van der Waals surface area contributed by atoms with E-state index in [0.29, 0.717) is 6.04 Å². The maximum Gasteiger partial charge on any atom is 0.120 e. The van der Waals surface area contributed by atoms with E-state index in [1.807, 2.05) is 26.0 Å². The summed E-state index contributed by atoms with van der Waals surface area (Å²) in [4.78, 5) is 0. The first-order valence-corrected chi connectivity index (χ1v) is 7.60. The van der Waals surface area contributed by atoms with E-state index < -0.39 is 0 Å². The van der Waals surface area contributed by atoms with E-state index >= 15 is 0 Å². The van der Waals surface area contributed by atoms with Crippen molar-refractivity contribution < 1.29 is 4.74 Å². The van der Waals surface area contributed by atoms with Crippen LogP contribution in [0.3, 0.4) is 0 Å². The first-order chi connectivity index (χ1) is 10.0. The lowest BCUT2D eigenvalue weighted by molar-refractivity contribution is 0.242. The minimum absolute atomic E-state index is 0.208. The molecule has 0 amide bonds. The van der Waals surface area contributed by atoms with Crippen LogP contribution >= 0.6 is 0 Å². The largest absolute Gasteiger partial charge is 0.491 e. The van der Waals surface area contributed by atoms with Crippen LogP contribution in [-0.4, -0.2) is 6.10 Å². The van der Waals surface area contributed by atoms with Gasteiger partial charge in [-0.15, -0.1) is 0 Å². The highest BCUT2D eigenvalue weighted by atomic mass is 16.5. The quantitative estimate of drug-likeness (QED) is 0.834. The summed E-state index contributed by atoms with van der Waals surface area (Å²) < 4.78 is 5.73. The van der Waals surface area contributed by atoms with Gasteiger partial charge in [0.05, 0.1) is 6.10 Å². The molecule has 0 saturated carbocycles. The van der Waals surface area contributed by atoms with Gasteiger partial charge in [0.25, 0.3) is 0 Å². The van der Waals surface area contributed by atoms with Gasteiger partial charge in [0.15, 0.2) is 0 Å². The molecular weight excluding hydrogens is 258 g/mol. The molecule has 0 spiro atoms. The van der Waals surface area contributed by atoms with Gasteiger partial charge in [0.1, 0.15) is 5.75 Å². The molecule has 0 aliphatic heterocycles. The zero-order valence-electron chi connectivity index (χ0n) is 13.4. The van der Waals surface area contributed by atoms with Crippen LogP contribution in [0.4, 0.5) is 0 Å². The van der Waals surface area contributed by atoms with E-state index in [1.54, 1.807) is 0 Å². The van der Waals surface area contributed by atoms with E-state index in [0.717, 1.165) is 12.3 Å². The summed E-state index contributed by atoms with van der Waals surface area (Å²) in [6.45, 7) is 9.24. The standard InChI is InChI=1S/C19H25NO/c1-14(2)21-19-7-5-6-17(12-19)13-20-16(4)18-10-8-15(3)9-11-18/h5-12,14,16,20H,13H2,1-4H3. The van der Waals surface area contributed by atoms with Crippen molar-refractivity contribution in [2.45, 2.75) is 46.4 Å². The second-order valence-electron chi connectivity index (χ2n) is 5.83. The van der Waals surface area contributed by atoms with E-state index in [2.05, 4.69) is 55.6 Å². The highest BCUT2D eigenvalue weighted by molar-refractivity contribution is 5.29. The molecule has 0 saturated heterocycles.